The molecule has 0 aliphatic carbocycles. The molecule has 0 amide bonds. The van der Waals surface area contributed by atoms with Gasteiger partial charge in [0.05, 0.1) is 0 Å². The van der Waals surface area contributed by atoms with Gasteiger partial charge in [0.15, 0.2) is 0 Å². The first-order chi connectivity index (χ1) is 0. The molecule has 5 heavy (non-hydrogen) atoms. The van der Waals surface area contributed by atoms with E-state index in [9.17, 15) is 0 Å². The third-order valence-electron chi connectivity index (χ3n) is 0. The van der Waals surface area contributed by atoms with Gasteiger partial charge in [0.25, 0.3) is 0 Å². The minimum absolute atomic E-state index is 0. The van der Waals surface area contributed by atoms with Gasteiger partial charge in [0.1, 0.15) is 0 Å². The molecule has 0 aliphatic heterocycles. The molecular formula is H6In2O3. The van der Waals surface area contributed by atoms with E-state index in [-0.39, 0.29) is 68.1 Å². The van der Waals surface area contributed by atoms with E-state index in [1.165, 1.54) is 0 Å². The topological polar surface area (TPSA) is 94.5 Å². The molecule has 6 radical (unpaired) electrons. The Labute approximate surface area is 67.6 Å². The van der Waals surface area contributed by atoms with Gasteiger partial charge in [-0.3, -0.25) is 0 Å². The summed E-state index contributed by atoms with van der Waals surface area (Å²) < 4.78 is 0. The van der Waals surface area contributed by atoms with Crippen LogP contribution in [0.15, 0.2) is 0 Å². The molecule has 0 aromatic carbocycles. The fourth-order valence-corrected chi connectivity index (χ4v) is 0. The molecule has 0 unspecified atom stereocenters. The first-order valence-corrected chi connectivity index (χ1v) is 0. The van der Waals surface area contributed by atoms with Crippen LogP contribution in [0.4, 0.5) is 0 Å². The third-order valence-corrected chi connectivity index (χ3v) is 0. The van der Waals surface area contributed by atoms with Crippen molar-refractivity contribution in [3.8, 4) is 0 Å². The van der Waals surface area contributed by atoms with Crippen LogP contribution >= 0.6 is 0 Å². The molecule has 30 valence electrons. The van der Waals surface area contributed by atoms with Crippen LogP contribution in [0.1, 0.15) is 0 Å². The maximum Gasteiger partial charge on any atom is 0 e. The summed E-state index contributed by atoms with van der Waals surface area (Å²) in [6.07, 6.45) is 0. The average Bonchev–Trinajstić information content (AvgIpc) is 0. The largest absolute Gasteiger partial charge is 0.412 e. The monoisotopic (exact) mass is 284 g/mol. The molecule has 0 rings (SSSR count). The van der Waals surface area contributed by atoms with Gasteiger partial charge >= 0.3 is 0 Å². The summed E-state index contributed by atoms with van der Waals surface area (Å²) in [4.78, 5) is 0. The van der Waals surface area contributed by atoms with E-state index in [0.29, 0.717) is 0 Å². The molecule has 0 heterocycles. The van der Waals surface area contributed by atoms with Crippen LogP contribution in [0.5, 0.6) is 0 Å². The molecular weight excluding hydrogens is 278 g/mol. The van der Waals surface area contributed by atoms with Gasteiger partial charge in [0.2, 0.25) is 0 Å². The first kappa shape index (κ1) is 79.7. The van der Waals surface area contributed by atoms with Crippen LogP contribution in [0.2, 0.25) is 0 Å². The number of hydrogen-bond donors (Lipinski definition) is 0. The van der Waals surface area contributed by atoms with Crippen LogP contribution in [-0.2, 0) is 0 Å². The van der Waals surface area contributed by atoms with Crippen LogP contribution in [0.25, 0.3) is 0 Å². The fraction of sp³-hybridized carbons (Fsp3) is 0. The van der Waals surface area contributed by atoms with Gasteiger partial charge in [0, 0.05) is 51.7 Å². The van der Waals surface area contributed by atoms with E-state index in [4.69, 9.17) is 0 Å². The summed E-state index contributed by atoms with van der Waals surface area (Å²) in [5, 5.41) is 0. The Balaban J connectivity index is 0. The van der Waals surface area contributed by atoms with Crippen molar-refractivity contribution in [3.05, 3.63) is 0 Å². The second-order valence-electron chi connectivity index (χ2n) is 0. The molecule has 0 spiro atoms. The van der Waals surface area contributed by atoms with E-state index in [2.05, 4.69) is 0 Å². The number of hydrogen-bond acceptors (Lipinski definition) is 0. The maximum absolute atomic E-state index is 0. The van der Waals surface area contributed by atoms with Crippen LogP contribution < -0.4 is 0 Å². The molecule has 3 nitrogen and oxygen atoms in total. The zero-order valence-electron chi connectivity index (χ0n) is 2.65. The summed E-state index contributed by atoms with van der Waals surface area (Å²) in [7, 11) is 0. The predicted molar refractivity (Wildman–Crippen MR) is 22.3 cm³/mol. The Hall–Kier alpha value is 1.62. The molecule has 0 aromatic heterocycles. The van der Waals surface area contributed by atoms with Crippen LogP contribution in [0, 0.1) is 0 Å². The Morgan fingerprint density at radius 2 is 0.400 bits per heavy atom. The van der Waals surface area contributed by atoms with Crippen LogP contribution in [0.3, 0.4) is 0 Å². The Kier molecular flexibility index (Phi) is 728. The predicted octanol–water partition coefficient (Wildman–Crippen LogP) is -3.24. The minimum atomic E-state index is 0. The molecule has 0 aromatic rings. The minimum Gasteiger partial charge on any atom is -0.412 e. The molecule has 0 saturated carbocycles. The van der Waals surface area contributed by atoms with Crippen LogP contribution in [-0.4, -0.2) is 68.1 Å². The van der Waals surface area contributed by atoms with E-state index in [0.717, 1.165) is 0 Å². The SMILES string of the molecule is O.O.O.[In].[In]. The standard InChI is InChI=1S/2In.3H2O/h;;3*1H2. The normalized spacial score (nSPS) is 0. The van der Waals surface area contributed by atoms with E-state index < -0.39 is 0 Å². The van der Waals surface area contributed by atoms with E-state index in [1.807, 2.05) is 0 Å². The van der Waals surface area contributed by atoms with E-state index >= 15 is 0 Å². The molecule has 0 aliphatic rings. The van der Waals surface area contributed by atoms with Gasteiger partial charge in [-0.15, -0.1) is 0 Å². The fourth-order valence-electron chi connectivity index (χ4n) is 0. The van der Waals surface area contributed by atoms with Crippen molar-refractivity contribution in [1.29, 1.82) is 0 Å². The molecule has 0 saturated heterocycles. The zero-order chi connectivity index (χ0) is 0. The van der Waals surface area contributed by atoms with Crippen molar-refractivity contribution in [2.45, 2.75) is 0 Å². The quantitative estimate of drug-likeness (QED) is 0.447. The van der Waals surface area contributed by atoms with E-state index in [1.54, 1.807) is 0 Å². The molecule has 0 bridgehead atoms. The van der Waals surface area contributed by atoms with Crippen molar-refractivity contribution in [2.75, 3.05) is 0 Å². The molecule has 6 N–H and O–H groups in total. The summed E-state index contributed by atoms with van der Waals surface area (Å²) in [5.41, 5.74) is 0. The number of rotatable bonds is 0. The van der Waals surface area contributed by atoms with Crippen molar-refractivity contribution in [2.24, 2.45) is 0 Å². The Morgan fingerprint density at radius 3 is 0.400 bits per heavy atom. The maximum atomic E-state index is 0. The first-order valence-electron chi connectivity index (χ1n) is 0. The zero-order valence-corrected chi connectivity index (χ0v) is 9.25. The van der Waals surface area contributed by atoms with Crippen molar-refractivity contribution in [1.82, 2.24) is 0 Å². The molecule has 5 heteroatoms. The Morgan fingerprint density at radius 1 is 0.400 bits per heavy atom. The summed E-state index contributed by atoms with van der Waals surface area (Å²) in [6, 6.07) is 0. The third kappa shape index (κ3) is 28.1. The van der Waals surface area contributed by atoms with Gasteiger partial charge in [-0.05, 0) is 0 Å². The average molecular weight is 284 g/mol. The van der Waals surface area contributed by atoms with Crippen molar-refractivity contribution >= 4 is 51.7 Å². The molecule has 0 atom stereocenters. The second-order valence-corrected chi connectivity index (χ2v) is 0. The second kappa shape index (κ2) is 45.7. The summed E-state index contributed by atoms with van der Waals surface area (Å²) >= 11 is 0. The summed E-state index contributed by atoms with van der Waals surface area (Å²) in [6.45, 7) is 0. The van der Waals surface area contributed by atoms with Gasteiger partial charge in [-0.2, -0.15) is 0 Å². The smallest absolute Gasteiger partial charge is 0 e. The Bertz CT molecular complexity index is 4.85. The summed E-state index contributed by atoms with van der Waals surface area (Å²) in [5.74, 6) is 0. The van der Waals surface area contributed by atoms with Gasteiger partial charge < -0.3 is 16.4 Å². The van der Waals surface area contributed by atoms with Gasteiger partial charge in [-0.25, -0.2) is 0 Å². The van der Waals surface area contributed by atoms with Crippen molar-refractivity contribution in [3.63, 3.8) is 0 Å². The molecule has 0 fully saturated rings. The van der Waals surface area contributed by atoms with Crippen molar-refractivity contribution < 1.29 is 16.4 Å². The van der Waals surface area contributed by atoms with Gasteiger partial charge in [-0.1, -0.05) is 0 Å².